The number of nitrogens with one attached hydrogen (secondary N) is 1. The molecule has 0 unspecified atom stereocenters. The van der Waals surface area contributed by atoms with Gasteiger partial charge in [0.25, 0.3) is 10.1 Å². The van der Waals surface area contributed by atoms with Crippen LogP contribution in [-0.2, 0) is 21.3 Å². The smallest absolute Gasteiger partial charge is 0.407 e. The van der Waals surface area contributed by atoms with Crippen LogP contribution in [-0.4, -0.2) is 31.2 Å². The molecular weight excluding hydrogens is 330 g/mol. The number of aryl methyl sites for hydroxylation is 2. The fraction of sp³-hybridized carbons (Fsp3) is 0.588. The van der Waals surface area contributed by atoms with Crippen molar-refractivity contribution in [1.82, 2.24) is 5.32 Å². The number of carbonyl (C=O) groups is 1. The summed E-state index contributed by atoms with van der Waals surface area (Å²) < 4.78 is 36.6. The van der Waals surface area contributed by atoms with Gasteiger partial charge in [0.15, 0.2) is 0 Å². The van der Waals surface area contributed by atoms with Crippen molar-refractivity contribution in [2.24, 2.45) is 0 Å². The number of hydrogen-bond donors (Lipinski definition) is 2. The average Bonchev–Trinajstić information content (AvgIpc) is 2.41. The summed E-state index contributed by atoms with van der Waals surface area (Å²) in [6, 6.07) is 4.62. The number of ether oxygens (including phenoxy) is 1. The Balaban J connectivity index is 2.35. The SMILES string of the molecule is Cc1ccc(S(=O)(=O)O)cc1CCCCCNC(=O)OC(C)(C)C. The lowest BCUT2D eigenvalue weighted by molar-refractivity contribution is 0.0527. The van der Waals surface area contributed by atoms with Crippen molar-refractivity contribution in [1.29, 1.82) is 0 Å². The Bertz CT molecular complexity index is 662. The van der Waals surface area contributed by atoms with Crippen LogP contribution in [0, 0.1) is 6.92 Å². The number of alkyl carbamates (subject to hydrolysis) is 1. The fourth-order valence-corrected chi connectivity index (χ4v) is 2.73. The van der Waals surface area contributed by atoms with Crippen molar-refractivity contribution in [3.8, 4) is 0 Å². The standard InChI is InChI=1S/C17H27NO5S/c1-13-9-10-15(24(20,21)22)12-14(13)8-6-5-7-11-18-16(19)23-17(2,3)4/h9-10,12H,5-8,11H2,1-4H3,(H,18,19)(H,20,21,22). The summed E-state index contributed by atoms with van der Waals surface area (Å²) in [6.45, 7) is 7.90. The molecule has 0 saturated carbocycles. The average molecular weight is 357 g/mol. The molecule has 7 heteroatoms. The van der Waals surface area contributed by atoms with Gasteiger partial charge in [-0.25, -0.2) is 4.79 Å². The summed E-state index contributed by atoms with van der Waals surface area (Å²) in [5.41, 5.74) is 1.40. The summed E-state index contributed by atoms with van der Waals surface area (Å²) in [7, 11) is -4.17. The van der Waals surface area contributed by atoms with Gasteiger partial charge in [0.05, 0.1) is 4.90 Å². The van der Waals surface area contributed by atoms with Crippen LogP contribution in [0.2, 0.25) is 0 Å². The van der Waals surface area contributed by atoms with Crippen molar-refractivity contribution in [2.75, 3.05) is 6.54 Å². The van der Waals surface area contributed by atoms with E-state index < -0.39 is 21.8 Å². The maximum atomic E-state index is 11.5. The van der Waals surface area contributed by atoms with Gasteiger partial charge in [-0.05, 0) is 70.2 Å². The summed E-state index contributed by atoms with van der Waals surface area (Å²) in [5, 5.41) is 2.70. The zero-order valence-corrected chi connectivity index (χ0v) is 15.6. The van der Waals surface area contributed by atoms with Gasteiger partial charge in [0.2, 0.25) is 0 Å². The lowest BCUT2D eigenvalue weighted by Crippen LogP contribution is -2.32. The van der Waals surface area contributed by atoms with Gasteiger partial charge in [-0.15, -0.1) is 0 Å². The van der Waals surface area contributed by atoms with Crippen molar-refractivity contribution in [3.05, 3.63) is 29.3 Å². The largest absolute Gasteiger partial charge is 0.444 e. The molecule has 0 aliphatic heterocycles. The van der Waals surface area contributed by atoms with Crippen LogP contribution in [0.3, 0.4) is 0 Å². The number of rotatable bonds is 7. The predicted molar refractivity (Wildman–Crippen MR) is 92.8 cm³/mol. The third kappa shape index (κ3) is 7.79. The molecule has 0 fully saturated rings. The van der Waals surface area contributed by atoms with Gasteiger partial charge < -0.3 is 10.1 Å². The third-order valence-electron chi connectivity index (χ3n) is 3.41. The second kappa shape index (κ2) is 8.48. The van der Waals surface area contributed by atoms with Gasteiger partial charge in [-0.1, -0.05) is 12.5 Å². The molecule has 0 aliphatic rings. The van der Waals surface area contributed by atoms with E-state index in [2.05, 4.69) is 5.32 Å². The van der Waals surface area contributed by atoms with E-state index in [1.54, 1.807) is 6.07 Å². The minimum Gasteiger partial charge on any atom is -0.444 e. The molecule has 6 nitrogen and oxygen atoms in total. The number of benzene rings is 1. The number of amides is 1. The molecule has 0 bridgehead atoms. The van der Waals surface area contributed by atoms with Crippen molar-refractivity contribution in [2.45, 2.75) is 63.9 Å². The minimum atomic E-state index is -4.17. The first-order valence-corrected chi connectivity index (χ1v) is 9.47. The molecule has 1 rings (SSSR count). The maximum Gasteiger partial charge on any atom is 0.407 e. The van der Waals surface area contributed by atoms with E-state index in [1.165, 1.54) is 12.1 Å². The molecule has 1 amide bonds. The lowest BCUT2D eigenvalue weighted by atomic mass is 10.0. The summed E-state index contributed by atoms with van der Waals surface area (Å²) in [5.74, 6) is 0. The second-order valence-corrected chi connectivity index (χ2v) is 8.22. The van der Waals surface area contributed by atoms with E-state index in [0.717, 1.165) is 36.8 Å². The minimum absolute atomic E-state index is 0.0744. The number of unbranched alkanes of at least 4 members (excludes halogenated alkanes) is 2. The molecule has 0 heterocycles. The number of hydrogen-bond acceptors (Lipinski definition) is 4. The highest BCUT2D eigenvalue weighted by Crippen LogP contribution is 2.17. The Morgan fingerprint density at radius 1 is 1.21 bits per heavy atom. The van der Waals surface area contributed by atoms with Crippen LogP contribution < -0.4 is 5.32 Å². The zero-order chi connectivity index (χ0) is 18.4. The van der Waals surface area contributed by atoms with E-state index in [9.17, 15) is 13.2 Å². The van der Waals surface area contributed by atoms with E-state index in [-0.39, 0.29) is 4.90 Å². The quantitative estimate of drug-likeness (QED) is 0.576. The van der Waals surface area contributed by atoms with E-state index in [1.807, 2.05) is 27.7 Å². The first kappa shape index (κ1) is 20.4. The summed E-state index contributed by atoms with van der Waals surface area (Å²) in [6.07, 6.45) is 2.88. The predicted octanol–water partition coefficient (Wildman–Crippen LogP) is 3.48. The molecule has 136 valence electrons. The Morgan fingerprint density at radius 2 is 1.88 bits per heavy atom. The van der Waals surface area contributed by atoms with Crippen LogP contribution in [0.1, 0.15) is 51.2 Å². The molecule has 0 spiro atoms. The van der Waals surface area contributed by atoms with Gasteiger partial charge in [-0.3, -0.25) is 4.55 Å². The van der Waals surface area contributed by atoms with Crippen LogP contribution >= 0.6 is 0 Å². The topological polar surface area (TPSA) is 92.7 Å². The molecule has 0 saturated heterocycles. The summed E-state index contributed by atoms with van der Waals surface area (Å²) >= 11 is 0. The van der Waals surface area contributed by atoms with Gasteiger partial charge in [-0.2, -0.15) is 8.42 Å². The van der Waals surface area contributed by atoms with Crippen molar-refractivity contribution in [3.63, 3.8) is 0 Å². The molecule has 0 radical (unpaired) electrons. The second-order valence-electron chi connectivity index (χ2n) is 6.80. The highest BCUT2D eigenvalue weighted by Gasteiger charge is 2.15. The third-order valence-corrected chi connectivity index (χ3v) is 4.26. The normalized spacial score (nSPS) is 12.0. The molecule has 1 aromatic rings. The summed E-state index contributed by atoms with van der Waals surface area (Å²) in [4.78, 5) is 11.4. The van der Waals surface area contributed by atoms with Crippen molar-refractivity contribution < 1.29 is 22.5 Å². The molecule has 24 heavy (non-hydrogen) atoms. The lowest BCUT2D eigenvalue weighted by Gasteiger charge is -2.19. The first-order valence-electron chi connectivity index (χ1n) is 8.03. The zero-order valence-electron chi connectivity index (χ0n) is 14.8. The highest BCUT2D eigenvalue weighted by atomic mass is 32.2. The molecule has 0 aromatic heterocycles. The van der Waals surface area contributed by atoms with Gasteiger partial charge in [0.1, 0.15) is 5.60 Å². The monoisotopic (exact) mass is 357 g/mol. The Kier molecular flexibility index (Phi) is 7.23. The van der Waals surface area contributed by atoms with Crippen LogP contribution in [0.4, 0.5) is 4.79 Å². The number of carbonyl (C=O) groups excluding carboxylic acids is 1. The molecule has 1 aromatic carbocycles. The Hall–Kier alpha value is -1.60. The van der Waals surface area contributed by atoms with Gasteiger partial charge >= 0.3 is 6.09 Å². The van der Waals surface area contributed by atoms with Gasteiger partial charge in [0, 0.05) is 6.54 Å². The van der Waals surface area contributed by atoms with Crippen molar-refractivity contribution >= 4 is 16.2 Å². The molecule has 0 atom stereocenters. The fourth-order valence-electron chi connectivity index (χ4n) is 2.20. The van der Waals surface area contributed by atoms with Crippen LogP contribution in [0.15, 0.2) is 23.1 Å². The van der Waals surface area contributed by atoms with Crippen LogP contribution in [0.5, 0.6) is 0 Å². The van der Waals surface area contributed by atoms with E-state index in [0.29, 0.717) is 6.54 Å². The van der Waals surface area contributed by atoms with E-state index >= 15 is 0 Å². The maximum absolute atomic E-state index is 11.5. The molecular formula is C17H27NO5S. The Labute approximate surface area is 144 Å². The van der Waals surface area contributed by atoms with E-state index in [4.69, 9.17) is 9.29 Å². The molecule has 2 N–H and O–H groups in total. The molecule has 0 aliphatic carbocycles. The van der Waals surface area contributed by atoms with Crippen LogP contribution in [0.25, 0.3) is 0 Å². The first-order chi connectivity index (χ1) is 11.0. The highest BCUT2D eigenvalue weighted by molar-refractivity contribution is 7.85. The Morgan fingerprint density at radius 3 is 2.46 bits per heavy atom.